The number of hydrogen-bond acceptors (Lipinski definition) is 0. The first-order valence-corrected chi connectivity index (χ1v) is 8.17. The second kappa shape index (κ2) is 5.09. The fourth-order valence-electron chi connectivity index (χ4n) is 4.11. The summed E-state index contributed by atoms with van der Waals surface area (Å²) in [5.41, 5.74) is 9.63. The minimum absolute atomic E-state index is 1.21. The van der Waals surface area contributed by atoms with Crippen LogP contribution in [0.4, 0.5) is 0 Å². The number of fused-ring (bicyclic) bond motifs is 2. The van der Waals surface area contributed by atoms with E-state index in [1.807, 2.05) is 0 Å². The van der Waals surface area contributed by atoms with E-state index < -0.39 is 0 Å². The zero-order valence-electron chi connectivity index (χ0n) is 12.1. The van der Waals surface area contributed by atoms with E-state index in [0.29, 0.717) is 0 Å². The van der Waals surface area contributed by atoms with E-state index in [-0.39, 0.29) is 0 Å². The van der Waals surface area contributed by atoms with Crippen LogP contribution in [0.3, 0.4) is 0 Å². The molecule has 0 aromatic rings. The van der Waals surface area contributed by atoms with Gasteiger partial charge in [-0.15, -0.1) is 0 Å². The molecule has 4 aliphatic rings. The van der Waals surface area contributed by atoms with Crippen LogP contribution in [-0.2, 0) is 0 Å². The summed E-state index contributed by atoms with van der Waals surface area (Å²) in [6.07, 6.45) is 24.4. The molecule has 0 aliphatic heterocycles. The third kappa shape index (κ3) is 1.90. The van der Waals surface area contributed by atoms with Crippen LogP contribution >= 0.6 is 0 Å². The highest BCUT2D eigenvalue weighted by Gasteiger charge is 2.31. The smallest absolute Gasteiger partial charge is 0.00767 e. The van der Waals surface area contributed by atoms with Gasteiger partial charge in [-0.2, -0.15) is 0 Å². The van der Waals surface area contributed by atoms with Crippen LogP contribution in [0.2, 0.25) is 0 Å². The monoisotopic (exact) mass is 262 g/mol. The van der Waals surface area contributed by atoms with Crippen molar-refractivity contribution in [2.75, 3.05) is 0 Å². The van der Waals surface area contributed by atoms with Gasteiger partial charge in [0, 0.05) is 0 Å². The molecule has 0 nitrogen and oxygen atoms in total. The van der Waals surface area contributed by atoms with Crippen molar-refractivity contribution in [3.05, 3.63) is 69.9 Å². The van der Waals surface area contributed by atoms with Crippen molar-refractivity contribution in [3.8, 4) is 0 Å². The van der Waals surface area contributed by atoms with Gasteiger partial charge in [0.2, 0.25) is 0 Å². The fourth-order valence-corrected chi connectivity index (χ4v) is 4.11. The van der Waals surface area contributed by atoms with Crippen molar-refractivity contribution in [2.24, 2.45) is 0 Å². The van der Waals surface area contributed by atoms with E-state index in [9.17, 15) is 0 Å². The molecule has 0 bridgehead atoms. The molecule has 0 fully saturated rings. The first-order valence-electron chi connectivity index (χ1n) is 8.17. The van der Waals surface area contributed by atoms with Crippen molar-refractivity contribution in [1.82, 2.24) is 0 Å². The van der Waals surface area contributed by atoms with Crippen LogP contribution in [0, 0.1) is 0 Å². The van der Waals surface area contributed by atoms with Crippen molar-refractivity contribution in [2.45, 2.75) is 51.4 Å². The predicted octanol–water partition coefficient (Wildman–Crippen LogP) is 5.72. The molecular weight excluding hydrogens is 240 g/mol. The van der Waals surface area contributed by atoms with Gasteiger partial charge in [-0.1, -0.05) is 49.3 Å². The quantitative estimate of drug-likeness (QED) is 0.523. The van der Waals surface area contributed by atoms with Crippen molar-refractivity contribution in [3.63, 3.8) is 0 Å². The molecule has 0 heteroatoms. The van der Waals surface area contributed by atoms with E-state index in [2.05, 4.69) is 36.5 Å². The van der Waals surface area contributed by atoms with E-state index in [1.54, 1.807) is 33.4 Å². The fraction of sp³-hybridized carbons (Fsp3) is 0.400. The highest BCUT2D eigenvalue weighted by molar-refractivity contribution is 5.74. The van der Waals surface area contributed by atoms with Gasteiger partial charge in [0.15, 0.2) is 0 Å². The topological polar surface area (TPSA) is 0 Å². The Bertz CT molecular complexity index is 614. The van der Waals surface area contributed by atoms with Crippen LogP contribution in [0.5, 0.6) is 0 Å². The summed E-state index contributed by atoms with van der Waals surface area (Å²) in [7, 11) is 0. The van der Waals surface area contributed by atoms with Gasteiger partial charge in [0.1, 0.15) is 0 Å². The van der Waals surface area contributed by atoms with E-state index in [0.717, 1.165) is 0 Å². The van der Waals surface area contributed by atoms with Gasteiger partial charge in [-0.05, 0) is 72.0 Å². The SMILES string of the molecule is C1=C2C3=C(CCCCCC3)C3=C2C(=C/C=C\C=C/3)\CC1. The normalized spacial score (nSPS) is 31.0. The molecule has 0 aromatic carbocycles. The zero-order valence-corrected chi connectivity index (χ0v) is 12.1. The largest absolute Gasteiger partial charge is 0.0760 e. The van der Waals surface area contributed by atoms with Crippen molar-refractivity contribution in [1.29, 1.82) is 0 Å². The Hall–Kier alpha value is -1.56. The van der Waals surface area contributed by atoms with Gasteiger partial charge < -0.3 is 0 Å². The maximum Gasteiger partial charge on any atom is -0.00767 e. The zero-order chi connectivity index (χ0) is 13.4. The second-order valence-corrected chi connectivity index (χ2v) is 6.25. The molecular formula is C20H22. The summed E-state index contributed by atoms with van der Waals surface area (Å²) in [4.78, 5) is 0. The van der Waals surface area contributed by atoms with Crippen molar-refractivity contribution < 1.29 is 0 Å². The minimum Gasteiger partial charge on any atom is -0.0760 e. The summed E-state index contributed by atoms with van der Waals surface area (Å²) in [5, 5.41) is 0. The van der Waals surface area contributed by atoms with Crippen LogP contribution in [0.1, 0.15) is 51.4 Å². The molecule has 0 saturated heterocycles. The Morgan fingerprint density at radius 1 is 0.750 bits per heavy atom. The van der Waals surface area contributed by atoms with Gasteiger partial charge in [-0.25, -0.2) is 0 Å². The molecule has 4 aliphatic carbocycles. The van der Waals surface area contributed by atoms with E-state index in [4.69, 9.17) is 0 Å². The molecule has 4 rings (SSSR count). The molecule has 0 saturated carbocycles. The molecule has 0 atom stereocenters. The van der Waals surface area contributed by atoms with Crippen LogP contribution in [0.25, 0.3) is 0 Å². The first kappa shape index (κ1) is 12.2. The summed E-state index contributed by atoms with van der Waals surface area (Å²) in [5.74, 6) is 0. The Kier molecular flexibility index (Phi) is 3.10. The highest BCUT2D eigenvalue weighted by atomic mass is 14.3. The molecule has 0 N–H and O–H groups in total. The number of rotatable bonds is 0. The Morgan fingerprint density at radius 3 is 2.50 bits per heavy atom. The van der Waals surface area contributed by atoms with Gasteiger partial charge >= 0.3 is 0 Å². The van der Waals surface area contributed by atoms with Crippen LogP contribution in [0.15, 0.2) is 69.9 Å². The average Bonchev–Trinajstić information content (AvgIpc) is 2.68. The minimum atomic E-state index is 1.21. The lowest BCUT2D eigenvalue weighted by Crippen LogP contribution is -2.01. The van der Waals surface area contributed by atoms with E-state index in [1.165, 1.54) is 51.4 Å². The number of hydrogen-bond donors (Lipinski definition) is 0. The maximum absolute atomic E-state index is 2.51. The Labute approximate surface area is 122 Å². The highest BCUT2D eigenvalue weighted by Crippen LogP contribution is 2.49. The second-order valence-electron chi connectivity index (χ2n) is 6.25. The summed E-state index contributed by atoms with van der Waals surface area (Å²) >= 11 is 0. The summed E-state index contributed by atoms with van der Waals surface area (Å²) in [6, 6.07) is 0. The third-order valence-corrected chi connectivity index (χ3v) is 5.02. The van der Waals surface area contributed by atoms with Gasteiger partial charge in [0.25, 0.3) is 0 Å². The molecule has 0 amide bonds. The Balaban J connectivity index is 1.89. The third-order valence-electron chi connectivity index (χ3n) is 5.02. The summed E-state index contributed by atoms with van der Waals surface area (Å²) < 4.78 is 0. The Morgan fingerprint density at radius 2 is 1.60 bits per heavy atom. The lowest BCUT2D eigenvalue weighted by atomic mass is 9.85. The standard InChI is InChI=1S/C20H22/c1-2-6-12-17-16(11-5-1)18-13-7-3-4-9-15-10-8-14-19(17)20(15)18/h3-4,7,9,13-14H,1-2,5-6,8,10-12H2/b4-3-,7-3?,9-4?,13-7-,15-9-,18-13?. The average molecular weight is 262 g/mol. The van der Waals surface area contributed by atoms with Gasteiger partial charge in [0.05, 0.1) is 0 Å². The molecule has 20 heavy (non-hydrogen) atoms. The lowest BCUT2D eigenvalue weighted by Gasteiger charge is -2.20. The predicted molar refractivity (Wildman–Crippen MR) is 85.4 cm³/mol. The molecule has 102 valence electrons. The van der Waals surface area contributed by atoms with E-state index >= 15 is 0 Å². The van der Waals surface area contributed by atoms with Gasteiger partial charge in [-0.3, -0.25) is 0 Å². The first-order chi connectivity index (χ1) is 9.95. The molecule has 0 radical (unpaired) electrons. The van der Waals surface area contributed by atoms with Crippen molar-refractivity contribution >= 4 is 0 Å². The molecule has 0 unspecified atom stereocenters. The molecule has 0 heterocycles. The lowest BCUT2D eigenvalue weighted by molar-refractivity contribution is 0.620. The van der Waals surface area contributed by atoms with Crippen LogP contribution in [-0.4, -0.2) is 0 Å². The summed E-state index contributed by atoms with van der Waals surface area (Å²) in [6.45, 7) is 0. The maximum atomic E-state index is 2.51. The molecule has 0 spiro atoms. The molecule has 0 aromatic heterocycles. The number of allylic oxidation sites excluding steroid dienone is 12. The van der Waals surface area contributed by atoms with Crippen LogP contribution < -0.4 is 0 Å².